The highest BCUT2D eigenvalue weighted by Gasteiger charge is 2.31. The molecule has 0 aliphatic heterocycles. The summed E-state index contributed by atoms with van der Waals surface area (Å²) in [4.78, 5) is 18.2. The molecule has 146 valence electrons. The van der Waals surface area contributed by atoms with Gasteiger partial charge in [-0.25, -0.2) is 4.98 Å². The van der Waals surface area contributed by atoms with Gasteiger partial charge in [0.2, 0.25) is 0 Å². The highest BCUT2D eigenvalue weighted by Crippen LogP contribution is 2.39. The normalized spacial score (nSPS) is 23.1. The van der Waals surface area contributed by atoms with Crippen LogP contribution < -0.4 is 5.56 Å². The van der Waals surface area contributed by atoms with Crippen LogP contribution in [-0.2, 0) is 0 Å². The van der Waals surface area contributed by atoms with Crippen molar-refractivity contribution < 1.29 is 0 Å². The number of para-hydroxylation sites is 1. The highest BCUT2D eigenvalue weighted by molar-refractivity contribution is 7.99. The van der Waals surface area contributed by atoms with E-state index in [1.54, 1.807) is 0 Å². The molecule has 4 atom stereocenters. The third-order valence-electron chi connectivity index (χ3n) is 5.97. The van der Waals surface area contributed by atoms with Crippen LogP contribution in [0.15, 0.2) is 34.2 Å². The van der Waals surface area contributed by atoms with Crippen LogP contribution in [-0.4, -0.2) is 15.3 Å². The van der Waals surface area contributed by atoms with Crippen LogP contribution in [0.25, 0.3) is 10.9 Å². The van der Waals surface area contributed by atoms with Crippen molar-refractivity contribution in [3.8, 4) is 12.1 Å². The molecule has 1 fully saturated rings. The molecule has 1 aromatic heterocycles. The lowest BCUT2D eigenvalue weighted by molar-refractivity contribution is 0.173. The number of rotatable bonds is 6. The van der Waals surface area contributed by atoms with Gasteiger partial charge in [-0.3, -0.25) is 9.36 Å². The summed E-state index contributed by atoms with van der Waals surface area (Å²) in [5.41, 5.74) is 0.720. The second-order valence-electron chi connectivity index (χ2n) is 7.76. The Kier molecular flexibility index (Phi) is 6.75. The molecule has 0 saturated heterocycles. The van der Waals surface area contributed by atoms with Gasteiger partial charge < -0.3 is 0 Å². The fraction of sp³-hybridized carbons (Fsp3) is 0.545. The Morgan fingerprint density at radius 1 is 1.29 bits per heavy atom. The standard InChI is InChI=1S/C22H26N4OS/c1-15-7-5-11-20(16(15)2)26-21(27)18-9-3-4-10-19(18)25-22(26)28-14-17(13-24)8-6-12-23/h3-4,9-10,15-17,20H,5-8,11,14H2,1-2H3/t15-,16-,17+,20+/m1/s1. The molecule has 0 bridgehead atoms. The minimum atomic E-state index is -0.218. The Balaban J connectivity index is 2.01. The first-order valence-corrected chi connectivity index (χ1v) is 11.0. The number of hydrogen-bond donors (Lipinski definition) is 0. The Hall–Kier alpha value is -2.31. The minimum absolute atomic E-state index is 0.0181. The van der Waals surface area contributed by atoms with Gasteiger partial charge in [-0.15, -0.1) is 0 Å². The molecule has 6 heteroatoms. The van der Waals surface area contributed by atoms with Gasteiger partial charge in [0.25, 0.3) is 5.56 Å². The molecule has 0 N–H and O–H groups in total. The van der Waals surface area contributed by atoms with E-state index < -0.39 is 0 Å². The fourth-order valence-electron chi connectivity index (χ4n) is 4.04. The maximum Gasteiger partial charge on any atom is 0.262 e. The third-order valence-corrected chi connectivity index (χ3v) is 7.09. The number of nitrogens with zero attached hydrogens (tertiary/aromatic N) is 4. The molecule has 0 amide bonds. The summed E-state index contributed by atoms with van der Waals surface area (Å²) in [5.74, 6) is 1.29. The minimum Gasteiger partial charge on any atom is -0.284 e. The number of thioether (sulfide) groups is 1. The Bertz CT molecular complexity index is 971. The summed E-state index contributed by atoms with van der Waals surface area (Å²) in [6, 6.07) is 12.0. The SMILES string of the molecule is C[C@@H]1[C@H](C)CCC[C@@H]1n1c(SC[C@H](C#N)CCC#N)nc2ccccc2c1=O. The van der Waals surface area contributed by atoms with E-state index in [-0.39, 0.29) is 17.5 Å². The molecular formula is C22H26N4OS. The molecule has 1 aliphatic rings. The van der Waals surface area contributed by atoms with Gasteiger partial charge in [0.15, 0.2) is 5.16 Å². The molecule has 0 spiro atoms. The molecule has 5 nitrogen and oxygen atoms in total. The number of benzene rings is 1. The van der Waals surface area contributed by atoms with Crippen molar-refractivity contribution in [1.82, 2.24) is 9.55 Å². The van der Waals surface area contributed by atoms with E-state index in [2.05, 4.69) is 26.0 Å². The van der Waals surface area contributed by atoms with E-state index in [1.165, 1.54) is 18.2 Å². The number of nitriles is 2. The zero-order chi connectivity index (χ0) is 20.1. The van der Waals surface area contributed by atoms with Gasteiger partial charge >= 0.3 is 0 Å². The van der Waals surface area contributed by atoms with Crippen LogP contribution in [0.5, 0.6) is 0 Å². The summed E-state index contributed by atoms with van der Waals surface area (Å²) in [7, 11) is 0. The number of hydrogen-bond acceptors (Lipinski definition) is 5. The van der Waals surface area contributed by atoms with Crippen LogP contribution in [0.2, 0.25) is 0 Å². The second kappa shape index (κ2) is 9.26. The van der Waals surface area contributed by atoms with E-state index in [9.17, 15) is 10.1 Å². The zero-order valence-corrected chi connectivity index (χ0v) is 17.3. The van der Waals surface area contributed by atoms with Crippen LogP contribution in [0.4, 0.5) is 0 Å². The van der Waals surface area contributed by atoms with Crippen molar-refractivity contribution in [2.45, 2.75) is 57.1 Å². The van der Waals surface area contributed by atoms with Crippen molar-refractivity contribution >= 4 is 22.7 Å². The first kappa shape index (κ1) is 20.4. The van der Waals surface area contributed by atoms with Gasteiger partial charge in [0, 0.05) is 18.2 Å². The van der Waals surface area contributed by atoms with E-state index in [4.69, 9.17) is 10.2 Å². The smallest absolute Gasteiger partial charge is 0.262 e. The Morgan fingerprint density at radius 3 is 2.82 bits per heavy atom. The molecule has 3 rings (SSSR count). The predicted octanol–water partition coefficient (Wildman–Crippen LogP) is 4.93. The fourth-order valence-corrected chi connectivity index (χ4v) is 5.15. The quantitative estimate of drug-likeness (QED) is 0.512. The van der Waals surface area contributed by atoms with E-state index in [1.807, 2.05) is 28.8 Å². The van der Waals surface area contributed by atoms with Crippen LogP contribution in [0.1, 0.15) is 52.0 Å². The van der Waals surface area contributed by atoms with Crippen molar-refractivity contribution in [2.24, 2.45) is 17.8 Å². The molecule has 0 radical (unpaired) electrons. The van der Waals surface area contributed by atoms with Crippen LogP contribution in [0, 0.1) is 40.4 Å². The number of aromatic nitrogens is 2. The topological polar surface area (TPSA) is 82.5 Å². The second-order valence-corrected chi connectivity index (χ2v) is 8.74. The largest absolute Gasteiger partial charge is 0.284 e. The van der Waals surface area contributed by atoms with Gasteiger partial charge in [0.1, 0.15) is 0 Å². The van der Waals surface area contributed by atoms with Crippen molar-refractivity contribution in [2.75, 3.05) is 5.75 Å². The first-order chi connectivity index (χ1) is 13.6. The predicted molar refractivity (Wildman–Crippen MR) is 112 cm³/mol. The van der Waals surface area contributed by atoms with E-state index in [0.717, 1.165) is 12.8 Å². The van der Waals surface area contributed by atoms with E-state index in [0.29, 0.717) is 46.5 Å². The molecule has 1 saturated carbocycles. The van der Waals surface area contributed by atoms with Crippen LogP contribution >= 0.6 is 11.8 Å². The summed E-state index contributed by atoms with van der Waals surface area (Å²) in [6.07, 6.45) is 4.21. The van der Waals surface area contributed by atoms with Crippen molar-refractivity contribution in [3.05, 3.63) is 34.6 Å². The summed E-state index contributed by atoms with van der Waals surface area (Å²) in [5, 5.41) is 19.5. The third kappa shape index (κ3) is 4.23. The monoisotopic (exact) mass is 394 g/mol. The molecule has 1 aliphatic carbocycles. The molecule has 1 aromatic carbocycles. The maximum atomic E-state index is 13.4. The molecule has 0 unspecified atom stereocenters. The maximum absolute atomic E-state index is 13.4. The van der Waals surface area contributed by atoms with Gasteiger partial charge in [-0.05, 0) is 36.8 Å². The molecule has 2 aromatic rings. The first-order valence-electron chi connectivity index (χ1n) is 9.97. The lowest BCUT2D eigenvalue weighted by Gasteiger charge is -2.36. The van der Waals surface area contributed by atoms with Crippen molar-refractivity contribution in [3.63, 3.8) is 0 Å². The van der Waals surface area contributed by atoms with Gasteiger partial charge in [-0.1, -0.05) is 50.6 Å². The lowest BCUT2D eigenvalue weighted by Crippen LogP contribution is -2.35. The Labute approximate surface area is 170 Å². The lowest BCUT2D eigenvalue weighted by atomic mass is 9.78. The molecule has 28 heavy (non-hydrogen) atoms. The Morgan fingerprint density at radius 2 is 2.07 bits per heavy atom. The average Bonchev–Trinajstić information content (AvgIpc) is 2.71. The van der Waals surface area contributed by atoms with Crippen molar-refractivity contribution in [1.29, 1.82) is 10.5 Å². The average molecular weight is 395 g/mol. The van der Waals surface area contributed by atoms with E-state index >= 15 is 0 Å². The highest BCUT2D eigenvalue weighted by atomic mass is 32.2. The van der Waals surface area contributed by atoms with Gasteiger partial charge in [0.05, 0.1) is 29.0 Å². The summed E-state index contributed by atoms with van der Waals surface area (Å²) < 4.78 is 1.89. The summed E-state index contributed by atoms with van der Waals surface area (Å²) >= 11 is 1.48. The molecular weight excluding hydrogens is 368 g/mol. The molecule has 1 heterocycles. The zero-order valence-electron chi connectivity index (χ0n) is 16.5. The van der Waals surface area contributed by atoms with Crippen LogP contribution in [0.3, 0.4) is 0 Å². The van der Waals surface area contributed by atoms with Gasteiger partial charge in [-0.2, -0.15) is 10.5 Å². The number of fused-ring (bicyclic) bond motifs is 1. The summed E-state index contributed by atoms with van der Waals surface area (Å²) in [6.45, 7) is 4.49.